The molecule has 1 atom stereocenters. The van der Waals surface area contributed by atoms with Crippen molar-refractivity contribution in [3.8, 4) is 5.75 Å². The van der Waals surface area contributed by atoms with Crippen LogP contribution in [0.4, 0.5) is 4.39 Å². The van der Waals surface area contributed by atoms with E-state index in [4.69, 9.17) is 4.74 Å². The van der Waals surface area contributed by atoms with Crippen LogP contribution in [0.1, 0.15) is 29.6 Å². The lowest BCUT2D eigenvalue weighted by Crippen LogP contribution is -2.49. The van der Waals surface area contributed by atoms with Gasteiger partial charge in [-0.2, -0.15) is 0 Å². The fourth-order valence-corrected chi connectivity index (χ4v) is 3.19. The standard InChI is InChI=1S/C15H21FN2O4S/c1-22-14-7-6-11(9-13(14)16)15(19)18-8-4-3-5-12(18)10-17-23(2,20)21/h6-7,9,12,17H,3-5,8,10H2,1-2H3/t12-/m0/s1. The zero-order valence-electron chi connectivity index (χ0n) is 13.2. The van der Waals surface area contributed by atoms with E-state index < -0.39 is 15.8 Å². The van der Waals surface area contributed by atoms with Crippen LogP contribution in [-0.4, -0.2) is 51.7 Å². The number of amides is 1. The highest BCUT2D eigenvalue weighted by Gasteiger charge is 2.28. The maximum Gasteiger partial charge on any atom is 0.254 e. The Balaban J connectivity index is 2.16. The Kier molecular flexibility index (Phi) is 5.59. The molecule has 0 spiro atoms. The van der Waals surface area contributed by atoms with Crippen molar-refractivity contribution in [1.29, 1.82) is 0 Å². The summed E-state index contributed by atoms with van der Waals surface area (Å²) in [7, 11) is -1.96. The highest BCUT2D eigenvalue weighted by atomic mass is 32.2. The molecule has 0 radical (unpaired) electrons. The summed E-state index contributed by atoms with van der Waals surface area (Å²) < 4.78 is 43.6. The lowest BCUT2D eigenvalue weighted by atomic mass is 10.0. The number of halogens is 1. The van der Waals surface area contributed by atoms with Gasteiger partial charge in [-0.25, -0.2) is 17.5 Å². The summed E-state index contributed by atoms with van der Waals surface area (Å²) >= 11 is 0. The van der Waals surface area contributed by atoms with Crippen LogP contribution in [0.25, 0.3) is 0 Å². The molecule has 1 N–H and O–H groups in total. The number of piperidine rings is 1. The zero-order chi connectivity index (χ0) is 17.0. The largest absolute Gasteiger partial charge is 0.494 e. The molecule has 1 aromatic carbocycles. The first kappa shape index (κ1) is 17.7. The van der Waals surface area contributed by atoms with Gasteiger partial charge in [0.15, 0.2) is 11.6 Å². The quantitative estimate of drug-likeness (QED) is 0.875. The average Bonchev–Trinajstić information content (AvgIpc) is 2.51. The van der Waals surface area contributed by atoms with Crippen molar-refractivity contribution < 1.29 is 22.3 Å². The van der Waals surface area contributed by atoms with Crippen molar-refractivity contribution in [3.05, 3.63) is 29.6 Å². The zero-order valence-corrected chi connectivity index (χ0v) is 14.0. The normalized spacial score (nSPS) is 18.7. The van der Waals surface area contributed by atoms with Gasteiger partial charge >= 0.3 is 0 Å². The Morgan fingerprint density at radius 2 is 2.17 bits per heavy atom. The molecule has 0 aromatic heterocycles. The molecule has 1 saturated heterocycles. The van der Waals surface area contributed by atoms with Crippen LogP contribution in [0.2, 0.25) is 0 Å². The maximum atomic E-state index is 13.8. The molecule has 8 heteroatoms. The highest BCUT2D eigenvalue weighted by molar-refractivity contribution is 7.88. The second-order valence-electron chi connectivity index (χ2n) is 5.62. The van der Waals surface area contributed by atoms with E-state index in [1.165, 1.54) is 19.2 Å². The minimum Gasteiger partial charge on any atom is -0.494 e. The van der Waals surface area contributed by atoms with E-state index in [0.29, 0.717) is 13.0 Å². The SMILES string of the molecule is COc1ccc(C(=O)N2CCCC[C@H]2CNS(C)(=O)=O)cc1F. The van der Waals surface area contributed by atoms with Crippen molar-refractivity contribution in [2.75, 3.05) is 26.5 Å². The molecule has 1 aromatic rings. The Labute approximate surface area is 135 Å². The Morgan fingerprint density at radius 3 is 2.78 bits per heavy atom. The first-order valence-electron chi connectivity index (χ1n) is 7.41. The second-order valence-corrected chi connectivity index (χ2v) is 7.45. The lowest BCUT2D eigenvalue weighted by Gasteiger charge is -2.35. The number of ether oxygens (including phenoxy) is 1. The number of carbonyl (C=O) groups excluding carboxylic acids is 1. The van der Waals surface area contributed by atoms with Crippen molar-refractivity contribution in [1.82, 2.24) is 9.62 Å². The van der Waals surface area contributed by atoms with Crippen LogP contribution in [0.3, 0.4) is 0 Å². The molecule has 23 heavy (non-hydrogen) atoms. The number of rotatable bonds is 5. The van der Waals surface area contributed by atoms with Crippen LogP contribution in [-0.2, 0) is 10.0 Å². The molecule has 1 heterocycles. The number of hydrogen-bond acceptors (Lipinski definition) is 4. The van der Waals surface area contributed by atoms with Crippen LogP contribution >= 0.6 is 0 Å². The predicted octanol–water partition coefficient (Wildman–Crippen LogP) is 1.38. The van der Waals surface area contributed by atoms with Gasteiger partial charge in [0.05, 0.1) is 13.4 Å². The Morgan fingerprint density at radius 1 is 1.43 bits per heavy atom. The number of likely N-dealkylation sites (tertiary alicyclic amines) is 1. The minimum absolute atomic E-state index is 0.0792. The fourth-order valence-electron chi connectivity index (χ4n) is 2.69. The van der Waals surface area contributed by atoms with Gasteiger partial charge in [0.25, 0.3) is 5.91 Å². The number of sulfonamides is 1. The van der Waals surface area contributed by atoms with Gasteiger partial charge in [-0.15, -0.1) is 0 Å². The summed E-state index contributed by atoms with van der Waals surface area (Å²) in [6.45, 7) is 0.700. The number of nitrogens with zero attached hydrogens (tertiary/aromatic N) is 1. The van der Waals surface area contributed by atoms with Gasteiger partial charge in [-0.3, -0.25) is 4.79 Å². The van der Waals surface area contributed by atoms with E-state index in [-0.39, 0.29) is 29.8 Å². The molecule has 0 unspecified atom stereocenters. The van der Waals surface area contributed by atoms with Gasteiger partial charge in [0, 0.05) is 24.7 Å². The second kappa shape index (κ2) is 7.27. The van der Waals surface area contributed by atoms with Gasteiger partial charge in [0.1, 0.15) is 0 Å². The number of carbonyl (C=O) groups is 1. The molecule has 0 aliphatic carbocycles. The molecule has 1 fully saturated rings. The van der Waals surface area contributed by atoms with Crippen LogP contribution in [0.15, 0.2) is 18.2 Å². The van der Waals surface area contributed by atoms with Crippen molar-refractivity contribution in [2.45, 2.75) is 25.3 Å². The van der Waals surface area contributed by atoms with E-state index in [1.54, 1.807) is 4.90 Å². The van der Waals surface area contributed by atoms with E-state index >= 15 is 0 Å². The third-order valence-electron chi connectivity index (χ3n) is 3.87. The van der Waals surface area contributed by atoms with Crippen LogP contribution < -0.4 is 9.46 Å². The molecule has 0 bridgehead atoms. The van der Waals surface area contributed by atoms with Crippen molar-refractivity contribution in [3.63, 3.8) is 0 Å². The Bertz CT molecular complexity index is 678. The monoisotopic (exact) mass is 344 g/mol. The van der Waals surface area contributed by atoms with Gasteiger partial charge in [0.2, 0.25) is 10.0 Å². The molecular formula is C15H21FN2O4S. The molecular weight excluding hydrogens is 323 g/mol. The predicted molar refractivity (Wildman–Crippen MR) is 84.5 cm³/mol. The molecule has 2 rings (SSSR count). The number of benzene rings is 1. The number of hydrogen-bond donors (Lipinski definition) is 1. The molecule has 6 nitrogen and oxygen atoms in total. The summed E-state index contributed by atoms with van der Waals surface area (Å²) in [6, 6.07) is 3.85. The fraction of sp³-hybridized carbons (Fsp3) is 0.533. The molecule has 1 aliphatic rings. The third kappa shape index (κ3) is 4.65. The van der Waals surface area contributed by atoms with Crippen LogP contribution in [0.5, 0.6) is 5.75 Å². The Hall–Kier alpha value is -1.67. The molecule has 1 amide bonds. The molecule has 128 valence electrons. The van der Waals surface area contributed by atoms with Gasteiger partial charge in [-0.05, 0) is 37.5 Å². The van der Waals surface area contributed by atoms with Crippen LogP contribution in [0, 0.1) is 5.82 Å². The molecule has 0 saturated carbocycles. The summed E-state index contributed by atoms with van der Waals surface area (Å²) in [6.07, 6.45) is 3.57. The van der Waals surface area contributed by atoms with Crippen molar-refractivity contribution >= 4 is 15.9 Å². The summed E-state index contributed by atoms with van der Waals surface area (Å²) in [4.78, 5) is 14.2. The maximum absolute atomic E-state index is 13.8. The summed E-state index contributed by atoms with van der Waals surface area (Å²) in [5, 5.41) is 0. The number of nitrogens with one attached hydrogen (secondary N) is 1. The molecule has 1 aliphatic heterocycles. The summed E-state index contributed by atoms with van der Waals surface area (Å²) in [5.74, 6) is -0.816. The van der Waals surface area contributed by atoms with E-state index in [2.05, 4.69) is 4.72 Å². The topological polar surface area (TPSA) is 75.7 Å². The van der Waals surface area contributed by atoms with Crippen molar-refractivity contribution in [2.24, 2.45) is 0 Å². The first-order chi connectivity index (χ1) is 10.8. The van der Waals surface area contributed by atoms with E-state index in [1.807, 2.05) is 0 Å². The van der Waals surface area contributed by atoms with Gasteiger partial charge < -0.3 is 9.64 Å². The lowest BCUT2D eigenvalue weighted by molar-refractivity contribution is 0.0618. The summed E-state index contributed by atoms with van der Waals surface area (Å²) in [5.41, 5.74) is 0.231. The highest BCUT2D eigenvalue weighted by Crippen LogP contribution is 2.22. The van der Waals surface area contributed by atoms with E-state index in [0.717, 1.165) is 25.2 Å². The first-order valence-corrected chi connectivity index (χ1v) is 9.30. The van der Waals surface area contributed by atoms with Gasteiger partial charge in [-0.1, -0.05) is 0 Å². The minimum atomic E-state index is -3.32. The number of methoxy groups -OCH3 is 1. The van der Waals surface area contributed by atoms with E-state index in [9.17, 15) is 17.6 Å². The smallest absolute Gasteiger partial charge is 0.254 e. The third-order valence-corrected chi connectivity index (χ3v) is 4.56. The average molecular weight is 344 g/mol.